The smallest absolute Gasteiger partial charge is 0.0612 e. The number of para-hydroxylation sites is 1. The highest BCUT2D eigenvalue weighted by molar-refractivity contribution is 5.74. The Hall–Kier alpha value is -1.31. The zero-order chi connectivity index (χ0) is 7.97. The van der Waals surface area contributed by atoms with E-state index in [4.69, 9.17) is 0 Å². The molecule has 12 heavy (non-hydrogen) atoms. The van der Waals surface area contributed by atoms with Gasteiger partial charge in [-0.05, 0) is 18.6 Å². The average molecular weight is 158 g/mol. The molecule has 2 aliphatic rings. The Balaban J connectivity index is 1.95. The molecule has 0 saturated heterocycles. The summed E-state index contributed by atoms with van der Waals surface area (Å²) in [5, 5.41) is 6.47. The average Bonchev–Trinajstić information content (AvgIpc) is 2.80. The van der Waals surface area contributed by atoms with Crippen molar-refractivity contribution in [1.82, 2.24) is 0 Å². The van der Waals surface area contributed by atoms with Crippen LogP contribution >= 0.6 is 0 Å². The topological polar surface area (TPSA) is 15.6 Å². The van der Waals surface area contributed by atoms with E-state index in [1.54, 1.807) is 0 Å². The van der Waals surface area contributed by atoms with Crippen LogP contribution in [0.3, 0.4) is 0 Å². The lowest BCUT2D eigenvalue weighted by Crippen LogP contribution is -2.15. The van der Waals surface area contributed by atoms with E-state index in [9.17, 15) is 0 Å². The monoisotopic (exact) mass is 158 g/mol. The van der Waals surface area contributed by atoms with Crippen molar-refractivity contribution in [2.45, 2.75) is 12.5 Å². The van der Waals surface area contributed by atoms with E-state index in [0.29, 0.717) is 6.04 Å². The van der Waals surface area contributed by atoms with E-state index in [1.807, 2.05) is 6.07 Å². The summed E-state index contributed by atoms with van der Waals surface area (Å²) in [5.74, 6) is 0.741. The largest absolute Gasteiger partial charge is 0.262 e. The summed E-state index contributed by atoms with van der Waals surface area (Å²) in [7, 11) is 0. The van der Waals surface area contributed by atoms with Crippen LogP contribution in [-0.4, -0.2) is 12.3 Å². The molecule has 3 rings (SSSR count). The lowest BCUT2D eigenvalue weighted by atomic mass is 10.3. The highest BCUT2D eigenvalue weighted by Gasteiger charge is 2.45. The SMILES string of the molecule is C1=NN(c2ccccc2)C2CC12. The van der Waals surface area contributed by atoms with Crippen molar-refractivity contribution in [3.05, 3.63) is 30.3 Å². The molecule has 1 aliphatic carbocycles. The standard InChI is InChI=1S/C10H10N2/c1-2-4-9(5-3-1)12-10-6-8(10)7-11-12/h1-5,7-8,10H,6H2. The Morgan fingerprint density at radius 3 is 2.67 bits per heavy atom. The van der Waals surface area contributed by atoms with Crippen molar-refractivity contribution in [3.63, 3.8) is 0 Å². The van der Waals surface area contributed by atoms with Crippen LogP contribution in [0.25, 0.3) is 0 Å². The van der Waals surface area contributed by atoms with Crippen LogP contribution in [-0.2, 0) is 0 Å². The highest BCUT2D eigenvalue weighted by Crippen LogP contribution is 2.41. The first-order valence-corrected chi connectivity index (χ1v) is 4.33. The molecule has 0 N–H and O–H groups in total. The van der Waals surface area contributed by atoms with Gasteiger partial charge in [-0.1, -0.05) is 18.2 Å². The molecule has 1 aromatic rings. The number of hydrazone groups is 1. The number of fused-ring (bicyclic) bond motifs is 1. The molecule has 1 saturated carbocycles. The van der Waals surface area contributed by atoms with Crippen molar-refractivity contribution in [3.8, 4) is 0 Å². The molecule has 0 amide bonds. The summed E-state index contributed by atoms with van der Waals surface area (Å²) in [4.78, 5) is 0. The van der Waals surface area contributed by atoms with Gasteiger partial charge in [-0.25, -0.2) is 0 Å². The molecule has 60 valence electrons. The lowest BCUT2D eigenvalue weighted by molar-refractivity contribution is 0.871. The number of benzene rings is 1. The van der Waals surface area contributed by atoms with E-state index in [0.717, 1.165) is 5.92 Å². The quantitative estimate of drug-likeness (QED) is 0.609. The minimum absolute atomic E-state index is 0.674. The molecule has 1 aliphatic heterocycles. The van der Waals surface area contributed by atoms with Gasteiger partial charge in [0, 0.05) is 12.1 Å². The lowest BCUT2D eigenvalue weighted by Gasteiger charge is -2.14. The molecule has 0 aromatic heterocycles. The third-order valence-corrected chi connectivity index (χ3v) is 2.52. The third-order valence-electron chi connectivity index (χ3n) is 2.52. The number of rotatable bonds is 1. The summed E-state index contributed by atoms with van der Waals surface area (Å²) < 4.78 is 0. The third kappa shape index (κ3) is 0.779. The van der Waals surface area contributed by atoms with Crippen LogP contribution in [0.4, 0.5) is 5.69 Å². The predicted molar refractivity (Wildman–Crippen MR) is 49.3 cm³/mol. The molecule has 2 atom stereocenters. The Morgan fingerprint density at radius 2 is 2.08 bits per heavy atom. The van der Waals surface area contributed by atoms with Crippen molar-refractivity contribution in [1.29, 1.82) is 0 Å². The van der Waals surface area contributed by atoms with Crippen LogP contribution in [0.1, 0.15) is 6.42 Å². The van der Waals surface area contributed by atoms with Gasteiger partial charge in [-0.15, -0.1) is 0 Å². The molecule has 2 nitrogen and oxygen atoms in total. The molecule has 0 bridgehead atoms. The van der Waals surface area contributed by atoms with Crippen LogP contribution in [0, 0.1) is 5.92 Å². The van der Waals surface area contributed by atoms with Gasteiger partial charge in [0.15, 0.2) is 0 Å². The number of hydrogen-bond acceptors (Lipinski definition) is 2. The first kappa shape index (κ1) is 6.23. The van der Waals surface area contributed by atoms with Crippen molar-refractivity contribution < 1.29 is 0 Å². The van der Waals surface area contributed by atoms with Gasteiger partial charge in [0.25, 0.3) is 0 Å². The maximum absolute atomic E-state index is 4.35. The fraction of sp³-hybridized carbons (Fsp3) is 0.300. The molecule has 0 radical (unpaired) electrons. The Kier molecular flexibility index (Phi) is 1.09. The summed E-state index contributed by atoms with van der Waals surface area (Å²) >= 11 is 0. The summed E-state index contributed by atoms with van der Waals surface area (Å²) in [6, 6.07) is 11.0. The summed E-state index contributed by atoms with van der Waals surface area (Å²) in [6.45, 7) is 0. The van der Waals surface area contributed by atoms with Crippen LogP contribution in [0.5, 0.6) is 0 Å². The summed E-state index contributed by atoms with van der Waals surface area (Å²) in [5.41, 5.74) is 1.22. The van der Waals surface area contributed by atoms with Gasteiger partial charge in [-0.2, -0.15) is 5.10 Å². The van der Waals surface area contributed by atoms with Gasteiger partial charge in [-0.3, -0.25) is 5.01 Å². The van der Waals surface area contributed by atoms with Crippen LogP contribution in [0.15, 0.2) is 35.4 Å². The van der Waals surface area contributed by atoms with E-state index in [2.05, 4.69) is 40.6 Å². The second-order valence-corrected chi connectivity index (χ2v) is 3.41. The molecule has 0 spiro atoms. The van der Waals surface area contributed by atoms with Gasteiger partial charge in [0.2, 0.25) is 0 Å². The second kappa shape index (κ2) is 2.09. The van der Waals surface area contributed by atoms with E-state index >= 15 is 0 Å². The normalized spacial score (nSPS) is 30.5. The van der Waals surface area contributed by atoms with Crippen molar-refractivity contribution >= 4 is 11.9 Å². The van der Waals surface area contributed by atoms with Crippen LogP contribution < -0.4 is 5.01 Å². The minimum Gasteiger partial charge on any atom is -0.262 e. The highest BCUT2D eigenvalue weighted by atomic mass is 15.5. The second-order valence-electron chi connectivity index (χ2n) is 3.41. The van der Waals surface area contributed by atoms with Gasteiger partial charge in [0.1, 0.15) is 0 Å². The first-order valence-electron chi connectivity index (χ1n) is 4.33. The molecule has 2 heteroatoms. The Morgan fingerprint density at radius 1 is 1.25 bits per heavy atom. The number of anilines is 1. The maximum Gasteiger partial charge on any atom is 0.0612 e. The molecular formula is C10H10N2. The zero-order valence-electron chi connectivity index (χ0n) is 6.72. The van der Waals surface area contributed by atoms with Gasteiger partial charge < -0.3 is 0 Å². The van der Waals surface area contributed by atoms with E-state index in [1.165, 1.54) is 12.1 Å². The zero-order valence-corrected chi connectivity index (χ0v) is 6.72. The number of nitrogens with zero attached hydrogens (tertiary/aromatic N) is 2. The van der Waals surface area contributed by atoms with E-state index < -0.39 is 0 Å². The molecule has 1 aromatic carbocycles. The van der Waals surface area contributed by atoms with E-state index in [-0.39, 0.29) is 0 Å². The van der Waals surface area contributed by atoms with Crippen LogP contribution in [0.2, 0.25) is 0 Å². The van der Waals surface area contributed by atoms with Crippen molar-refractivity contribution in [2.24, 2.45) is 11.0 Å². The first-order chi connectivity index (χ1) is 5.95. The minimum atomic E-state index is 0.674. The van der Waals surface area contributed by atoms with Gasteiger partial charge in [0.05, 0.1) is 11.7 Å². The van der Waals surface area contributed by atoms with Gasteiger partial charge >= 0.3 is 0 Å². The maximum atomic E-state index is 4.35. The summed E-state index contributed by atoms with van der Waals surface area (Å²) in [6.07, 6.45) is 3.36. The molecule has 2 unspecified atom stereocenters. The molecule has 1 fully saturated rings. The number of hydrogen-bond donors (Lipinski definition) is 0. The molecular weight excluding hydrogens is 148 g/mol. The molecule has 1 heterocycles. The Bertz CT molecular complexity index is 318. The van der Waals surface area contributed by atoms with Crippen molar-refractivity contribution in [2.75, 3.05) is 5.01 Å². The fourth-order valence-corrected chi connectivity index (χ4v) is 1.72. The fourth-order valence-electron chi connectivity index (χ4n) is 1.72. The predicted octanol–water partition coefficient (Wildman–Crippen LogP) is 1.88. The Labute approximate surface area is 71.5 Å².